The summed E-state index contributed by atoms with van der Waals surface area (Å²) >= 11 is 5.21. The first-order valence-corrected chi connectivity index (χ1v) is 8.91. The second-order valence-electron chi connectivity index (χ2n) is 6.15. The van der Waals surface area contributed by atoms with E-state index in [0.717, 1.165) is 0 Å². The van der Waals surface area contributed by atoms with E-state index in [2.05, 4.69) is 16.0 Å². The van der Waals surface area contributed by atoms with Crippen LogP contribution in [0, 0.1) is 5.82 Å². The Labute approximate surface area is 167 Å². The number of amides is 1. The van der Waals surface area contributed by atoms with Crippen LogP contribution in [-0.4, -0.2) is 25.2 Å². The molecule has 6 nitrogen and oxygen atoms in total. The van der Waals surface area contributed by atoms with Crippen LogP contribution in [-0.2, 0) is 4.79 Å². The van der Waals surface area contributed by atoms with E-state index < -0.39 is 11.9 Å². The number of ether oxygens (including phenoxy) is 2. The normalized spacial score (nSPS) is 16.1. The minimum atomic E-state index is -0.589. The van der Waals surface area contributed by atoms with Gasteiger partial charge in [0.1, 0.15) is 17.3 Å². The number of thiocarbonyl (C=S) groups is 1. The number of carbonyl (C=O) groups is 1. The summed E-state index contributed by atoms with van der Waals surface area (Å²) in [5, 5.41) is 9.20. The summed E-state index contributed by atoms with van der Waals surface area (Å²) in [6, 6.07) is 10.5. The molecule has 3 N–H and O–H groups in total. The van der Waals surface area contributed by atoms with E-state index >= 15 is 0 Å². The zero-order valence-electron chi connectivity index (χ0n) is 15.6. The van der Waals surface area contributed by atoms with Crippen molar-refractivity contribution in [1.29, 1.82) is 0 Å². The van der Waals surface area contributed by atoms with Gasteiger partial charge in [-0.25, -0.2) is 4.39 Å². The van der Waals surface area contributed by atoms with Crippen molar-refractivity contribution in [1.82, 2.24) is 10.6 Å². The highest BCUT2D eigenvalue weighted by Crippen LogP contribution is 2.32. The van der Waals surface area contributed by atoms with Crippen LogP contribution in [0.4, 0.5) is 10.1 Å². The van der Waals surface area contributed by atoms with Gasteiger partial charge in [-0.15, -0.1) is 0 Å². The molecule has 2 aromatic rings. The molecular formula is C20H20FN3O3S. The van der Waals surface area contributed by atoms with Crippen molar-refractivity contribution < 1.29 is 18.7 Å². The van der Waals surface area contributed by atoms with Crippen LogP contribution in [0.1, 0.15) is 18.5 Å². The zero-order valence-corrected chi connectivity index (χ0v) is 16.4. The number of hydrogen-bond acceptors (Lipinski definition) is 4. The monoisotopic (exact) mass is 401 g/mol. The van der Waals surface area contributed by atoms with Crippen LogP contribution in [0.2, 0.25) is 0 Å². The highest BCUT2D eigenvalue weighted by Gasteiger charge is 2.30. The maximum atomic E-state index is 13.7. The SMILES string of the molecule is COc1ccc(NC(=O)C2=C(C)NC(=S)N[C@@H]2c2cccc(F)c2)c(OC)c1. The molecule has 0 saturated carbocycles. The van der Waals surface area contributed by atoms with Gasteiger partial charge in [0.25, 0.3) is 5.91 Å². The maximum absolute atomic E-state index is 13.7. The molecule has 0 radical (unpaired) electrons. The fourth-order valence-corrected chi connectivity index (χ4v) is 3.29. The van der Waals surface area contributed by atoms with E-state index in [9.17, 15) is 9.18 Å². The first-order chi connectivity index (χ1) is 13.4. The number of halogens is 1. The van der Waals surface area contributed by atoms with Gasteiger partial charge >= 0.3 is 0 Å². The van der Waals surface area contributed by atoms with Crippen molar-refractivity contribution in [2.75, 3.05) is 19.5 Å². The van der Waals surface area contributed by atoms with E-state index in [0.29, 0.717) is 39.1 Å². The highest BCUT2D eigenvalue weighted by molar-refractivity contribution is 7.80. The van der Waals surface area contributed by atoms with Crippen LogP contribution < -0.4 is 25.4 Å². The average molecular weight is 401 g/mol. The molecule has 1 amide bonds. The second kappa shape index (κ2) is 8.26. The Bertz CT molecular complexity index is 961. The lowest BCUT2D eigenvalue weighted by Gasteiger charge is -2.30. The molecule has 0 fully saturated rings. The van der Waals surface area contributed by atoms with Gasteiger partial charge in [-0.1, -0.05) is 12.1 Å². The number of hydrogen-bond donors (Lipinski definition) is 3. The van der Waals surface area contributed by atoms with Crippen molar-refractivity contribution in [3.05, 3.63) is 65.1 Å². The molecule has 0 aliphatic carbocycles. The molecule has 2 aromatic carbocycles. The van der Waals surface area contributed by atoms with E-state index in [1.54, 1.807) is 44.4 Å². The summed E-state index contributed by atoms with van der Waals surface area (Å²) in [5.41, 5.74) is 2.06. The largest absolute Gasteiger partial charge is 0.497 e. The Balaban J connectivity index is 1.96. The molecule has 0 spiro atoms. The summed E-state index contributed by atoms with van der Waals surface area (Å²) in [7, 11) is 3.06. The van der Waals surface area contributed by atoms with Gasteiger partial charge in [0.15, 0.2) is 5.11 Å². The smallest absolute Gasteiger partial charge is 0.255 e. The lowest BCUT2D eigenvalue weighted by atomic mass is 9.95. The number of rotatable bonds is 5. The zero-order chi connectivity index (χ0) is 20.3. The Morgan fingerprint density at radius 3 is 2.64 bits per heavy atom. The maximum Gasteiger partial charge on any atom is 0.255 e. The summed E-state index contributed by atoms with van der Waals surface area (Å²) in [5.74, 6) is 0.311. The van der Waals surface area contributed by atoms with Gasteiger partial charge in [0.05, 0.1) is 31.5 Å². The molecule has 1 aliphatic heterocycles. The first kappa shape index (κ1) is 19.6. The van der Waals surface area contributed by atoms with E-state index in [4.69, 9.17) is 21.7 Å². The molecule has 0 saturated heterocycles. The molecule has 0 unspecified atom stereocenters. The molecule has 0 aromatic heterocycles. The second-order valence-corrected chi connectivity index (χ2v) is 6.55. The molecule has 0 bridgehead atoms. The van der Waals surface area contributed by atoms with Gasteiger partial charge in [0.2, 0.25) is 0 Å². The van der Waals surface area contributed by atoms with Gasteiger partial charge < -0.3 is 25.4 Å². The minimum Gasteiger partial charge on any atom is -0.497 e. The highest BCUT2D eigenvalue weighted by atomic mass is 32.1. The van der Waals surface area contributed by atoms with Crippen LogP contribution >= 0.6 is 12.2 Å². The number of nitrogens with one attached hydrogen (secondary N) is 3. The first-order valence-electron chi connectivity index (χ1n) is 8.50. The summed E-state index contributed by atoms with van der Waals surface area (Å²) < 4.78 is 24.3. The van der Waals surface area contributed by atoms with Crippen LogP contribution in [0.15, 0.2) is 53.7 Å². The van der Waals surface area contributed by atoms with Gasteiger partial charge in [-0.3, -0.25) is 4.79 Å². The molecule has 28 heavy (non-hydrogen) atoms. The lowest BCUT2D eigenvalue weighted by Crippen LogP contribution is -2.45. The van der Waals surface area contributed by atoms with Gasteiger partial charge in [0, 0.05) is 11.8 Å². The van der Waals surface area contributed by atoms with Crippen molar-refractivity contribution in [2.45, 2.75) is 13.0 Å². The number of carbonyl (C=O) groups excluding carboxylic acids is 1. The van der Waals surface area contributed by atoms with Gasteiger partial charge in [-0.2, -0.15) is 0 Å². The number of benzene rings is 2. The quantitative estimate of drug-likeness (QED) is 0.668. The predicted octanol–water partition coefficient (Wildman–Crippen LogP) is 3.27. The number of allylic oxidation sites excluding steroid dienone is 1. The summed E-state index contributed by atoms with van der Waals surface area (Å²) in [6.45, 7) is 1.75. The molecule has 1 heterocycles. The molecule has 146 valence electrons. The predicted molar refractivity (Wildman–Crippen MR) is 109 cm³/mol. The molecular weight excluding hydrogens is 381 g/mol. The summed E-state index contributed by atoms with van der Waals surface area (Å²) in [4.78, 5) is 13.1. The molecule has 1 atom stereocenters. The molecule has 3 rings (SSSR count). The standard InChI is InChI=1S/C20H20FN3O3S/c1-11-17(18(24-20(28)22-11)12-5-4-6-13(21)9-12)19(25)23-15-8-7-14(26-2)10-16(15)27-3/h4-10,18H,1-3H3,(H,23,25)(H2,22,24,28)/t18-/m1/s1. The van der Waals surface area contributed by atoms with E-state index in [-0.39, 0.29) is 5.91 Å². The lowest BCUT2D eigenvalue weighted by molar-refractivity contribution is -0.113. The van der Waals surface area contributed by atoms with Crippen LogP contribution in [0.5, 0.6) is 11.5 Å². The number of methoxy groups -OCH3 is 2. The Hall–Kier alpha value is -3.13. The molecule has 8 heteroatoms. The third-order valence-corrected chi connectivity index (χ3v) is 4.57. The average Bonchev–Trinajstić information content (AvgIpc) is 2.67. The van der Waals surface area contributed by atoms with Crippen molar-refractivity contribution >= 4 is 28.9 Å². The molecule has 1 aliphatic rings. The Kier molecular flexibility index (Phi) is 5.79. The van der Waals surface area contributed by atoms with Crippen LogP contribution in [0.3, 0.4) is 0 Å². The van der Waals surface area contributed by atoms with E-state index in [1.807, 2.05) is 0 Å². The summed E-state index contributed by atoms with van der Waals surface area (Å²) in [6.07, 6.45) is 0. The third-order valence-electron chi connectivity index (χ3n) is 4.35. The van der Waals surface area contributed by atoms with Gasteiger partial charge in [-0.05, 0) is 49.0 Å². The fraction of sp³-hybridized carbons (Fsp3) is 0.200. The topological polar surface area (TPSA) is 71.6 Å². The number of anilines is 1. The minimum absolute atomic E-state index is 0.363. The third kappa shape index (κ3) is 4.07. The van der Waals surface area contributed by atoms with Crippen molar-refractivity contribution in [2.24, 2.45) is 0 Å². The van der Waals surface area contributed by atoms with Crippen LogP contribution in [0.25, 0.3) is 0 Å². The van der Waals surface area contributed by atoms with E-state index in [1.165, 1.54) is 19.2 Å². The van der Waals surface area contributed by atoms with Crippen molar-refractivity contribution in [3.63, 3.8) is 0 Å². The Morgan fingerprint density at radius 1 is 1.18 bits per heavy atom. The fourth-order valence-electron chi connectivity index (χ4n) is 3.02. The van der Waals surface area contributed by atoms with Crippen molar-refractivity contribution in [3.8, 4) is 11.5 Å². The Morgan fingerprint density at radius 2 is 1.96 bits per heavy atom.